The lowest BCUT2D eigenvalue weighted by Crippen LogP contribution is -2.40. The minimum atomic E-state index is -4.03. The molecule has 0 fully saturated rings. The molecule has 0 saturated carbocycles. The van der Waals surface area contributed by atoms with Crippen LogP contribution in [0.5, 0.6) is 17.2 Å². The van der Waals surface area contributed by atoms with E-state index in [-0.39, 0.29) is 29.5 Å². The number of sulfonamides is 1. The quantitative estimate of drug-likeness (QED) is 0.231. The van der Waals surface area contributed by atoms with E-state index in [0.717, 1.165) is 22.3 Å². The highest BCUT2D eigenvalue weighted by Crippen LogP contribution is 2.43. The Morgan fingerprint density at radius 2 is 1.55 bits per heavy atom. The Bertz CT molecular complexity index is 1550. The fourth-order valence-electron chi connectivity index (χ4n) is 4.97. The second kappa shape index (κ2) is 11.8. The third kappa shape index (κ3) is 5.92. The monoisotopic (exact) mass is 557 g/mol. The molecule has 7 heteroatoms. The second-order valence-corrected chi connectivity index (χ2v) is 12.1. The smallest absolute Gasteiger partial charge is 0.251 e. The summed E-state index contributed by atoms with van der Waals surface area (Å²) in [6, 6.07) is 28.1. The topological polar surface area (TPSA) is 65.1 Å². The van der Waals surface area contributed by atoms with Crippen LogP contribution >= 0.6 is 0 Å². The van der Waals surface area contributed by atoms with Crippen LogP contribution in [0.15, 0.2) is 95.9 Å². The van der Waals surface area contributed by atoms with Gasteiger partial charge in [0, 0.05) is 6.04 Å². The molecule has 4 aromatic rings. The van der Waals surface area contributed by atoms with Gasteiger partial charge in [0.15, 0.2) is 10.6 Å². The van der Waals surface area contributed by atoms with Crippen LogP contribution < -0.4 is 9.47 Å². The molecule has 208 valence electrons. The maximum atomic E-state index is 14.4. The van der Waals surface area contributed by atoms with Crippen molar-refractivity contribution in [3.05, 3.63) is 119 Å². The maximum Gasteiger partial charge on any atom is 0.251 e. The Hall–Kier alpha value is -3.65. The lowest BCUT2D eigenvalue weighted by atomic mass is 10.0. The summed E-state index contributed by atoms with van der Waals surface area (Å²) in [5, 5.41) is 0. The highest BCUT2D eigenvalue weighted by atomic mass is 32.2. The van der Waals surface area contributed by atoms with E-state index in [4.69, 9.17) is 14.2 Å². The van der Waals surface area contributed by atoms with Gasteiger partial charge in [0.05, 0.1) is 19.8 Å². The van der Waals surface area contributed by atoms with Gasteiger partial charge < -0.3 is 14.2 Å². The van der Waals surface area contributed by atoms with Crippen molar-refractivity contribution < 1.29 is 22.6 Å². The Morgan fingerprint density at radius 1 is 0.900 bits per heavy atom. The fourth-order valence-corrected chi connectivity index (χ4v) is 6.84. The average Bonchev–Trinajstić information content (AvgIpc) is 3.06. The van der Waals surface area contributed by atoms with Crippen LogP contribution in [-0.4, -0.2) is 32.0 Å². The molecule has 0 amide bonds. The highest BCUT2D eigenvalue weighted by Gasteiger charge is 2.40. The van der Waals surface area contributed by atoms with Crippen LogP contribution in [0.4, 0.5) is 0 Å². The summed E-state index contributed by atoms with van der Waals surface area (Å²) in [4.78, 5) is 0.0271. The summed E-state index contributed by atoms with van der Waals surface area (Å²) < 4.78 is 49.0. The molecule has 0 unspecified atom stereocenters. The number of rotatable bonds is 8. The second-order valence-electron chi connectivity index (χ2n) is 10.3. The number of fused-ring (bicyclic) bond motifs is 1. The predicted octanol–water partition coefficient (Wildman–Crippen LogP) is 7.13. The Balaban J connectivity index is 1.52. The van der Waals surface area contributed by atoms with Gasteiger partial charge in [-0.1, -0.05) is 66.7 Å². The molecule has 2 atom stereocenters. The average molecular weight is 558 g/mol. The number of benzene rings is 4. The van der Waals surface area contributed by atoms with Crippen molar-refractivity contribution in [2.45, 2.75) is 51.3 Å². The third-order valence-corrected chi connectivity index (χ3v) is 9.45. The van der Waals surface area contributed by atoms with Crippen LogP contribution in [0.3, 0.4) is 0 Å². The minimum absolute atomic E-state index is 0.0271. The first-order valence-corrected chi connectivity index (χ1v) is 14.9. The fraction of sp³-hybridized carbons (Fsp3) is 0.273. The third-order valence-electron chi connectivity index (χ3n) is 7.44. The van der Waals surface area contributed by atoms with Crippen molar-refractivity contribution >= 4 is 10.0 Å². The van der Waals surface area contributed by atoms with E-state index >= 15 is 0 Å². The lowest BCUT2D eigenvalue weighted by Gasteiger charge is -2.29. The van der Waals surface area contributed by atoms with E-state index in [1.54, 1.807) is 18.2 Å². The van der Waals surface area contributed by atoms with Gasteiger partial charge in [-0.05, 0) is 79.8 Å². The van der Waals surface area contributed by atoms with E-state index < -0.39 is 22.2 Å². The first kappa shape index (κ1) is 27.9. The van der Waals surface area contributed by atoms with Gasteiger partial charge in [-0.25, -0.2) is 8.42 Å². The van der Waals surface area contributed by atoms with Crippen LogP contribution in [0.2, 0.25) is 0 Å². The molecule has 0 spiro atoms. The van der Waals surface area contributed by atoms with Crippen molar-refractivity contribution in [2.24, 2.45) is 0 Å². The van der Waals surface area contributed by atoms with Crippen molar-refractivity contribution in [3.63, 3.8) is 0 Å². The molecule has 0 aromatic heterocycles. The number of hydrogen-bond donors (Lipinski definition) is 0. The zero-order valence-electron chi connectivity index (χ0n) is 23.3. The summed E-state index contributed by atoms with van der Waals surface area (Å²) >= 11 is 0. The van der Waals surface area contributed by atoms with Gasteiger partial charge in [-0.15, -0.1) is 0 Å². The number of hydrogen-bond acceptors (Lipinski definition) is 5. The largest absolute Gasteiger partial charge is 0.485 e. The van der Waals surface area contributed by atoms with Gasteiger partial charge in [0.25, 0.3) is 10.0 Å². The van der Waals surface area contributed by atoms with Crippen molar-refractivity contribution in [2.75, 3.05) is 13.2 Å². The molecule has 5 rings (SSSR count). The molecule has 0 saturated heterocycles. The first-order valence-electron chi connectivity index (χ1n) is 13.5. The molecular formula is C33H35NO5S. The van der Waals surface area contributed by atoms with Crippen molar-refractivity contribution in [1.82, 2.24) is 4.31 Å². The Labute approximate surface area is 237 Å². The number of aryl methyl sites for hydroxylation is 2. The normalized spacial score (nSPS) is 17.4. The van der Waals surface area contributed by atoms with Crippen LogP contribution in [0.1, 0.15) is 40.8 Å². The van der Waals surface area contributed by atoms with Crippen LogP contribution in [0, 0.1) is 20.8 Å². The minimum Gasteiger partial charge on any atom is -0.485 e. The Morgan fingerprint density at radius 3 is 2.23 bits per heavy atom. The van der Waals surface area contributed by atoms with E-state index in [1.807, 2.05) is 93.6 Å². The van der Waals surface area contributed by atoms with Gasteiger partial charge in [-0.3, -0.25) is 0 Å². The summed E-state index contributed by atoms with van der Waals surface area (Å²) in [6.45, 7) is 8.75. The predicted molar refractivity (Wildman–Crippen MR) is 156 cm³/mol. The molecule has 40 heavy (non-hydrogen) atoms. The van der Waals surface area contributed by atoms with Crippen molar-refractivity contribution in [1.29, 1.82) is 0 Å². The molecule has 4 aromatic carbocycles. The molecule has 1 aliphatic heterocycles. The van der Waals surface area contributed by atoms with E-state index in [1.165, 1.54) is 9.87 Å². The van der Waals surface area contributed by atoms with E-state index in [9.17, 15) is 8.42 Å². The molecule has 0 N–H and O–H groups in total. The highest BCUT2D eigenvalue weighted by molar-refractivity contribution is 7.89. The molecular weight excluding hydrogens is 522 g/mol. The molecule has 1 aliphatic rings. The SMILES string of the molecule is Cc1cc(Oc2cccc3c2S(=O)(=O)N([C@H](C)c2ccccc2)C[C@@H](COCc2ccccc2)O3)cc(C)c1C. The number of nitrogens with zero attached hydrogens (tertiary/aromatic N) is 1. The summed E-state index contributed by atoms with van der Waals surface area (Å²) in [6.07, 6.45) is -0.523. The van der Waals surface area contributed by atoms with Gasteiger partial charge in [0.1, 0.15) is 17.6 Å². The van der Waals surface area contributed by atoms with Crippen molar-refractivity contribution in [3.8, 4) is 17.2 Å². The maximum absolute atomic E-state index is 14.4. The Kier molecular flexibility index (Phi) is 8.26. The molecule has 6 nitrogen and oxygen atoms in total. The van der Waals surface area contributed by atoms with E-state index in [2.05, 4.69) is 6.92 Å². The standard InChI is InChI=1S/C33H35NO5S/c1-23-18-29(19-24(2)25(23)3)38-31-16-11-17-32-33(31)40(35,36)34(26(4)28-14-9-6-10-15-28)20-30(39-32)22-37-21-27-12-7-5-8-13-27/h5-19,26,30H,20-22H2,1-4H3/t26-,30+/m1/s1. The van der Waals surface area contributed by atoms with E-state index in [0.29, 0.717) is 12.4 Å². The summed E-state index contributed by atoms with van der Waals surface area (Å²) in [5.41, 5.74) is 5.26. The van der Waals surface area contributed by atoms with Crippen LogP contribution in [0.25, 0.3) is 0 Å². The van der Waals surface area contributed by atoms with Gasteiger partial charge >= 0.3 is 0 Å². The van der Waals surface area contributed by atoms with Gasteiger partial charge in [0.2, 0.25) is 0 Å². The molecule has 0 radical (unpaired) electrons. The molecule has 0 aliphatic carbocycles. The summed E-state index contributed by atoms with van der Waals surface area (Å²) in [7, 11) is -4.03. The molecule has 0 bridgehead atoms. The summed E-state index contributed by atoms with van der Waals surface area (Å²) in [5.74, 6) is 1.07. The number of ether oxygens (including phenoxy) is 3. The van der Waals surface area contributed by atoms with Crippen LogP contribution in [-0.2, 0) is 21.4 Å². The first-order chi connectivity index (χ1) is 19.2. The van der Waals surface area contributed by atoms with Gasteiger partial charge in [-0.2, -0.15) is 4.31 Å². The molecule has 1 heterocycles. The zero-order valence-corrected chi connectivity index (χ0v) is 24.1. The zero-order chi connectivity index (χ0) is 28.3. The lowest BCUT2D eigenvalue weighted by molar-refractivity contribution is 0.0313.